The van der Waals surface area contributed by atoms with Gasteiger partial charge in [0.2, 0.25) is 0 Å². The van der Waals surface area contributed by atoms with Crippen molar-refractivity contribution < 1.29 is 0 Å². The van der Waals surface area contributed by atoms with E-state index >= 15 is 0 Å². The van der Waals surface area contributed by atoms with Gasteiger partial charge in [0.05, 0.1) is 0 Å². The Balaban J connectivity index is 1.87. The highest BCUT2D eigenvalue weighted by Crippen LogP contribution is 2.35. The lowest BCUT2D eigenvalue weighted by Crippen LogP contribution is -2.15. The number of aromatic nitrogens is 4. The molecule has 2 aromatic rings. The summed E-state index contributed by atoms with van der Waals surface area (Å²) in [7, 11) is 0. The average molecular weight is 219 g/mol. The monoisotopic (exact) mass is 219 g/mol. The molecule has 6 nitrogen and oxygen atoms in total. The van der Waals surface area contributed by atoms with Crippen LogP contribution in [0.1, 0.15) is 19.8 Å². The quantitative estimate of drug-likeness (QED) is 0.793. The van der Waals surface area contributed by atoms with Crippen LogP contribution in [-0.2, 0) is 0 Å². The molecule has 16 heavy (non-hydrogen) atoms. The summed E-state index contributed by atoms with van der Waals surface area (Å²) in [6, 6.07) is 4.13. The highest BCUT2D eigenvalue weighted by molar-refractivity contribution is 5.44. The summed E-state index contributed by atoms with van der Waals surface area (Å²) < 4.78 is 1.27. The molecule has 0 radical (unpaired) electrons. The van der Waals surface area contributed by atoms with Crippen molar-refractivity contribution in [2.45, 2.75) is 25.8 Å². The first-order valence-corrected chi connectivity index (χ1v) is 5.49. The Kier molecular flexibility index (Phi) is 1.95. The summed E-state index contributed by atoms with van der Waals surface area (Å²) in [6.07, 6.45) is 2.38. The highest BCUT2D eigenvalue weighted by Gasteiger charge is 2.35. The Morgan fingerprint density at radius 2 is 2.50 bits per heavy atom. The molecule has 1 aliphatic rings. The summed E-state index contributed by atoms with van der Waals surface area (Å²) >= 11 is 0. The van der Waals surface area contributed by atoms with Crippen LogP contribution in [0.25, 0.3) is 5.65 Å². The van der Waals surface area contributed by atoms with Gasteiger partial charge in [0, 0.05) is 6.04 Å². The standard InChI is InChI=1S/C10H13N5O/c1-2-6-5-7(6)11-8-3-4-9-12-13-10(16)15(9)14-8/h3-4,6-7H,2,5H2,1H3,(H,11,14)(H,13,16). The maximum Gasteiger partial charge on any atom is 0.364 e. The van der Waals surface area contributed by atoms with E-state index in [-0.39, 0.29) is 5.69 Å². The second kappa shape index (κ2) is 3.33. The molecule has 3 rings (SSSR count). The number of nitrogens with zero attached hydrogens (tertiary/aromatic N) is 3. The number of H-pyrrole nitrogens is 1. The van der Waals surface area contributed by atoms with Gasteiger partial charge in [-0.05, 0) is 24.5 Å². The molecule has 2 N–H and O–H groups in total. The fourth-order valence-corrected chi connectivity index (χ4v) is 1.95. The van der Waals surface area contributed by atoms with Gasteiger partial charge in [0.1, 0.15) is 5.82 Å². The van der Waals surface area contributed by atoms with Crippen molar-refractivity contribution in [3.63, 3.8) is 0 Å². The predicted octanol–water partition coefficient (Wildman–Crippen LogP) is 0.628. The first kappa shape index (κ1) is 9.38. The Morgan fingerprint density at radius 1 is 1.62 bits per heavy atom. The van der Waals surface area contributed by atoms with Crippen molar-refractivity contribution in [2.75, 3.05) is 5.32 Å². The van der Waals surface area contributed by atoms with E-state index in [1.807, 2.05) is 6.07 Å². The number of hydrogen-bond acceptors (Lipinski definition) is 4. The molecule has 0 saturated heterocycles. The van der Waals surface area contributed by atoms with Crippen molar-refractivity contribution in [3.8, 4) is 0 Å². The average Bonchev–Trinajstić information content (AvgIpc) is 2.95. The molecular weight excluding hydrogens is 206 g/mol. The minimum atomic E-state index is -0.304. The minimum absolute atomic E-state index is 0.304. The number of anilines is 1. The summed E-state index contributed by atoms with van der Waals surface area (Å²) in [4.78, 5) is 11.3. The first-order valence-electron chi connectivity index (χ1n) is 5.49. The Hall–Kier alpha value is -1.85. The fourth-order valence-electron chi connectivity index (χ4n) is 1.95. The number of rotatable bonds is 3. The van der Waals surface area contributed by atoms with Gasteiger partial charge >= 0.3 is 5.69 Å². The molecule has 1 aliphatic carbocycles. The van der Waals surface area contributed by atoms with E-state index < -0.39 is 0 Å². The van der Waals surface area contributed by atoms with Crippen LogP contribution in [-0.4, -0.2) is 25.9 Å². The zero-order valence-electron chi connectivity index (χ0n) is 8.97. The van der Waals surface area contributed by atoms with E-state index in [1.165, 1.54) is 17.4 Å². The third kappa shape index (κ3) is 1.46. The van der Waals surface area contributed by atoms with Crippen LogP contribution in [0.5, 0.6) is 0 Å². The van der Waals surface area contributed by atoms with Gasteiger partial charge in [-0.15, -0.1) is 5.10 Å². The summed E-state index contributed by atoms with van der Waals surface area (Å²) in [5.74, 6) is 1.48. The summed E-state index contributed by atoms with van der Waals surface area (Å²) in [6.45, 7) is 2.18. The molecule has 0 spiro atoms. The number of aromatic amines is 1. The lowest BCUT2D eigenvalue weighted by atomic mass is 10.3. The number of fused-ring (bicyclic) bond motifs is 1. The number of nitrogens with one attached hydrogen (secondary N) is 2. The lowest BCUT2D eigenvalue weighted by Gasteiger charge is -2.03. The van der Waals surface area contributed by atoms with Gasteiger partial charge in [0.15, 0.2) is 5.65 Å². The third-order valence-corrected chi connectivity index (χ3v) is 3.05. The highest BCUT2D eigenvalue weighted by atomic mass is 16.2. The van der Waals surface area contributed by atoms with Crippen molar-refractivity contribution in [3.05, 3.63) is 22.6 Å². The largest absolute Gasteiger partial charge is 0.366 e. The van der Waals surface area contributed by atoms with Crippen LogP contribution in [0.4, 0.5) is 5.82 Å². The van der Waals surface area contributed by atoms with Crippen LogP contribution in [0.2, 0.25) is 0 Å². The van der Waals surface area contributed by atoms with Crippen LogP contribution in [0.3, 0.4) is 0 Å². The van der Waals surface area contributed by atoms with Crippen molar-refractivity contribution in [2.24, 2.45) is 5.92 Å². The molecule has 84 valence electrons. The fraction of sp³-hybridized carbons (Fsp3) is 0.500. The summed E-state index contributed by atoms with van der Waals surface area (Å²) in [5, 5.41) is 13.7. The molecule has 2 atom stereocenters. The second-order valence-electron chi connectivity index (χ2n) is 4.17. The van der Waals surface area contributed by atoms with Gasteiger partial charge in [-0.1, -0.05) is 13.3 Å². The second-order valence-corrected chi connectivity index (χ2v) is 4.17. The van der Waals surface area contributed by atoms with Crippen molar-refractivity contribution in [1.82, 2.24) is 19.8 Å². The molecule has 2 aromatic heterocycles. The van der Waals surface area contributed by atoms with Gasteiger partial charge in [0.25, 0.3) is 0 Å². The Morgan fingerprint density at radius 3 is 3.25 bits per heavy atom. The smallest absolute Gasteiger partial charge is 0.364 e. The third-order valence-electron chi connectivity index (χ3n) is 3.05. The van der Waals surface area contributed by atoms with E-state index in [1.54, 1.807) is 6.07 Å². The molecule has 6 heteroatoms. The summed E-state index contributed by atoms with van der Waals surface area (Å²) in [5.41, 5.74) is 0.236. The van der Waals surface area contributed by atoms with E-state index in [9.17, 15) is 4.79 Å². The minimum Gasteiger partial charge on any atom is -0.366 e. The first-order chi connectivity index (χ1) is 7.78. The number of hydrogen-bond donors (Lipinski definition) is 2. The molecule has 0 amide bonds. The zero-order chi connectivity index (χ0) is 11.1. The predicted molar refractivity (Wildman–Crippen MR) is 59.4 cm³/mol. The maximum absolute atomic E-state index is 11.3. The molecule has 0 aliphatic heterocycles. The van der Waals surface area contributed by atoms with Crippen LogP contribution in [0.15, 0.2) is 16.9 Å². The van der Waals surface area contributed by atoms with Gasteiger partial charge in [-0.3, -0.25) is 0 Å². The van der Waals surface area contributed by atoms with Gasteiger partial charge < -0.3 is 5.32 Å². The molecule has 2 heterocycles. The Bertz CT molecular complexity index is 572. The van der Waals surface area contributed by atoms with Gasteiger partial charge in [-0.2, -0.15) is 9.61 Å². The van der Waals surface area contributed by atoms with E-state index in [4.69, 9.17) is 0 Å². The zero-order valence-corrected chi connectivity index (χ0v) is 8.97. The molecule has 0 bridgehead atoms. The van der Waals surface area contributed by atoms with Crippen LogP contribution in [0, 0.1) is 5.92 Å². The van der Waals surface area contributed by atoms with E-state index in [2.05, 4.69) is 27.5 Å². The molecule has 0 aromatic carbocycles. The van der Waals surface area contributed by atoms with Gasteiger partial charge in [-0.25, -0.2) is 9.89 Å². The van der Waals surface area contributed by atoms with Crippen molar-refractivity contribution in [1.29, 1.82) is 0 Å². The normalized spacial score (nSPS) is 23.6. The van der Waals surface area contributed by atoms with E-state index in [0.29, 0.717) is 11.7 Å². The molecule has 1 fully saturated rings. The van der Waals surface area contributed by atoms with Crippen LogP contribution < -0.4 is 11.0 Å². The molecular formula is C10H13N5O. The van der Waals surface area contributed by atoms with Crippen LogP contribution >= 0.6 is 0 Å². The SMILES string of the molecule is CCC1CC1Nc1ccc2n[nH]c(=O)n2n1. The molecule has 2 unspecified atom stereocenters. The van der Waals surface area contributed by atoms with Crippen molar-refractivity contribution >= 4 is 11.5 Å². The maximum atomic E-state index is 11.3. The topological polar surface area (TPSA) is 75.1 Å². The van der Waals surface area contributed by atoms with E-state index in [0.717, 1.165) is 11.7 Å². The molecule has 1 saturated carbocycles. The lowest BCUT2D eigenvalue weighted by molar-refractivity contribution is 0.769. The Labute approximate surface area is 91.7 Å².